The zero-order valence-corrected chi connectivity index (χ0v) is 20.9. The molecule has 4 aliphatic carbocycles. The number of carbonyl (C=O) groups excluding carboxylic acids is 5. The number of hydrogen-bond acceptors (Lipinski definition) is 8. The SMILES string of the molecule is Cc1cc(COC2CCCCC2)c(O)c2c1CC1CC3CC(=O)C(C(N)=O)C(=O)C3(O)C(C=O)C1C2=O. The van der Waals surface area contributed by atoms with Crippen LogP contribution in [0.3, 0.4) is 0 Å². The van der Waals surface area contributed by atoms with Gasteiger partial charge in [0, 0.05) is 23.8 Å². The van der Waals surface area contributed by atoms with E-state index in [0.29, 0.717) is 23.8 Å². The average molecular weight is 512 g/mol. The third-order valence-electron chi connectivity index (χ3n) is 9.22. The lowest BCUT2D eigenvalue weighted by Crippen LogP contribution is -2.68. The third-order valence-corrected chi connectivity index (χ3v) is 9.22. The first-order valence-corrected chi connectivity index (χ1v) is 13.1. The lowest BCUT2D eigenvalue weighted by atomic mass is 9.50. The summed E-state index contributed by atoms with van der Waals surface area (Å²) in [6, 6.07) is 1.83. The molecule has 1 aromatic rings. The number of phenols is 1. The lowest BCUT2D eigenvalue weighted by Gasteiger charge is -2.53. The molecule has 9 nitrogen and oxygen atoms in total. The van der Waals surface area contributed by atoms with E-state index in [9.17, 15) is 34.2 Å². The highest BCUT2D eigenvalue weighted by Crippen LogP contribution is 2.54. The number of ether oxygens (including phenoxy) is 1. The van der Waals surface area contributed by atoms with E-state index in [4.69, 9.17) is 10.5 Å². The first kappa shape index (κ1) is 25.7. The Bertz CT molecular complexity index is 1190. The molecule has 4 aliphatic rings. The second-order valence-electron chi connectivity index (χ2n) is 11.3. The van der Waals surface area contributed by atoms with Crippen LogP contribution in [0.15, 0.2) is 6.07 Å². The zero-order chi connectivity index (χ0) is 26.6. The monoisotopic (exact) mass is 511 g/mol. The van der Waals surface area contributed by atoms with Crippen molar-refractivity contribution in [3.8, 4) is 5.75 Å². The van der Waals surface area contributed by atoms with Crippen molar-refractivity contribution in [1.29, 1.82) is 0 Å². The number of Topliss-reactive ketones (excluding diaryl/α,β-unsaturated/α-hetero) is 3. The van der Waals surface area contributed by atoms with Gasteiger partial charge in [0.2, 0.25) is 5.91 Å². The van der Waals surface area contributed by atoms with Crippen LogP contribution in [0.2, 0.25) is 0 Å². The van der Waals surface area contributed by atoms with Gasteiger partial charge in [0.15, 0.2) is 23.3 Å². The Kier molecular flexibility index (Phi) is 6.56. The van der Waals surface area contributed by atoms with Crippen LogP contribution < -0.4 is 5.73 Å². The van der Waals surface area contributed by atoms with Gasteiger partial charge in [-0.1, -0.05) is 19.3 Å². The maximum Gasteiger partial charge on any atom is 0.235 e. The molecule has 3 saturated carbocycles. The molecule has 0 spiro atoms. The van der Waals surface area contributed by atoms with Gasteiger partial charge in [-0.05, 0) is 55.7 Å². The largest absolute Gasteiger partial charge is 0.507 e. The number of nitrogens with two attached hydrogens (primary N) is 1. The number of benzene rings is 1. The van der Waals surface area contributed by atoms with Crippen molar-refractivity contribution in [3.63, 3.8) is 0 Å². The van der Waals surface area contributed by atoms with Crippen molar-refractivity contribution < 1.29 is 38.9 Å². The van der Waals surface area contributed by atoms with Gasteiger partial charge >= 0.3 is 0 Å². The van der Waals surface area contributed by atoms with E-state index in [0.717, 1.165) is 31.2 Å². The van der Waals surface area contributed by atoms with Gasteiger partial charge in [-0.2, -0.15) is 0 Å². The van der Waals surface area contributed by atoms with E-state index in [2.05, 4.69) is 0 Å². The van der Waals surface area contributed by atoms with Crippen LogP contribution >= 0.6 is 0 Å². The van der Waals surface area contributed by atoms with Crippen LogP contribution in [0.5, 0.6) is 5.75 Å². The number of rotatable bonds is 5. The summed E-state index contributed by atoms with van der Waals surface area (Å²) in [5.74, 6) is -9.35. The number of ketones is 3. The molecule has 6 unspecified atom stereocenters. The summed E-state index contributed by atoms with van der Waals surface area (Å²) in [5.41, 5.74) is 5.00. The first-order valence-electron chi connectivity index (χ1n) is 13.1. The number of aldehydes is 1. The maximum atomic E-state index is 13.9. The third kappa shape index (κ3) is 3.94. The van der Waals surface area contributed by atoms with Crippen molar-refractivity contribution in [2.75, 3.05) is 0 Å². The average Bonchev–Trinajstić information content (AvgIpc) is 2.86. The normalized spacial score (nSPS) is 33.9. The molecule has 0 aliphatic heterocycles. The Morgan fingerprint density at radius 1 is 1.19 bits per heavy atom. The van der Waals surface area contributed by atoms with Gasteiger partial charge in [0.25, 0.3) is 0 Å². The number of aryl methyl sites for hydroxylation is 1. The molecule has 0 bridgehead atoms. The Hall–Kier alpha value is -2.91. The van der Waals surface area contributed by atoms with Crippen molar-refractivity contribution in [1.82, 2.24) is 0 Å². The summed E-state index contributed by atoms with van der Waals surface area (Å²) in [6.45, 7) is 2.01. The summed E-state index contributed by atoms with van der Waals surface area (Å²) in [4.78, 5) is 63.9. The van der Waals surface area contributed by atoms with Crippen LogP contribution in [0.25, 0.3) is 0 Å². The minimum Gasteiger partial charge on any atom is -0.507 e. The smallest absolute Gasteiger partial charge is 0.235 e. The van der Waals surface area contributed by atoms with Gasteiger partial charge in [0.05, 0.1) is 24.2 Å². The fourth-order valence-corrected chi connectivity index (χ4v) is 7.36. The number of carbonyl (C=O) groups is 5. The molecule has 6 atom stereocenters. The molecule has 4 N–H and O–H groups in total. The fraction of sp³-hybridized carbons (Fsp3) is 0.607. The second kappa shape index (κ2) is 9.44. The standard InChI is InChI=1S/C28H33NO8/c1-13-7-15(12-37-17-5-3-2-4-6-17)24(32)22-18(13)9-14-8-16-10-20(31)23(27(29)35)26(34)28(16,36)19(11-30)21(14)25(22)33/h7,11,14,16-17,19,21,23,32,36H,2-6,8-10,12H2,1H3,(H2,29,35). The molecule has 198 valence electrons. The quantitative estimate of drug-likeness (QED) is 0.398. The van der Waals surface area contributed by atoms with Gasteiger partial charge in [0.1, 0.15) is 17.6 Å². The molecule has 9 heteroatoms. The van der Waals surface area contributed by atoms with Crippen LogP contribution in [0.4, 0.5) is 0 Å². The van der Waals surface area contributed by atoms with E-state index in [-0.39, 0.29) is 36.9 Å². The van der Waals surface area contributed by atoms with Crippen molar-refractivity contribution in [2.45, 2.75) is 76.6 Å². The second-order valence-corrected chi connectivity index (χ2v) is 11.3. The number of amides is 1. The summed E-state index contributed by atoms with van der Waals surface area (Å²) in [7, 11) is 0. The number of fused-ring (bicyclic) bond motifs is 3. The molecule has 0 radical (unpaired) electrons. The van der Waals surface area contributed by atoms with Crippen molar-refractivity contribution >= 4 is 29.5 Å². The molecule has 3 fully saturated rings. The Morgan fingerprint density at radius 3 is 2.54 bits per heavy atom. The van der Waals surface area contributed by atoms with Crippen LogP contribution in [-0.4, -0.2) is 51.5 Å². The van der Waals surface area contributed by atoms with Crippen LogP contribution in [0.1, 0.15) is 72.0 Å². The summed E-state index contributed by atoms with van der Waals surface area (Å²) >= 11 is 0. The highest BCUT2D eigenvalue weighted by Gasteiger charge is 2.66. The minimum absolute atomic E-state index is 0.100. The molecule has 37 heavy (non-hydrogen) atoms. The predicted octanol–water partition coefficient (Wildman–Crippen LogP) is 1.73. The number of phenolic OH excluding ortho intramolecular Hbond substituents is 1. The summed E-state index contributed by atoms with van der Waals surface area (Å²) in [5, 5.41) is 22.8. The van der Waals surface area contributed by atoms with E-state index in [1.54, 1.807) is 0 Å². The Morgan fingerprint density at radius 2 is 1.89 bits per heavy atom. The minimum atomic E-state index is -2.35. The molecule has 1 amide bonds. The number of primary amides is 1. The van der Waals surface area contributed by atoms with E-state index in [1.807, 2.05) is 13.0 Å². The number of aliphatic hydroxyl groups is 1. The summed E-state index contributed by atoms with van der Waals surface area (Å²) in [6.07, 6.45) is 6.02. The van der Waals surface area contributed by atoms with Crippen LogP contribution in [0, 0.1) is 36.5 Å². The van der Waals surface area contributed by atoms with Gasteiger partial charge in [-0.25, -0.2) is 0 Å². The lowest BCUT2D eigenvalue weighted by molar-refractivity contribution is -0.181. The number of aromatic hydroxyl groups is 1. The number of hydrogen-bond donors (Lipinski definition) is 3. The van der Waals surface area contributed by atoms with Gasteiger partial charge in [-0.15, -0.1) is 0 Å². The highest BCUT2D eigenvalue weighted by molar-refractivity contribution is 6.23. The molecule has 1 aromatic carbocycles. The molecule has 0 saturated heterocycles. The van der Waals surface area contributed by atoms with Crippen molar-refractivity contribution in [2.24, 2.45) is 35.3 Å². The Labute approximate surface area is 214 Å². The fourth-order valence-electron chi connectivity index (χ4n) is 7.36. The molecule has 5 rings (SSSR count). The Balaban J connectivity index is 1.51. The first-order chi connectivity index (χ1) is 17.6. The van der Waals surface area contributed by atoms with Crippen molar-refractivity contribution in [3.05, 3.63) is 28.3 Å². The predicted molar refractivity (Wildman–Crippen MR) is 129 cm³/mol. The molecular formula is C28H33NO8. The van der Waals surface area contributed by atoms with Gasteiger partial charge in [-0.3, -0.25) is 19.2 Å². The van der Waals surface area contributed by atoms with Gasteiger partial charge < -0.3 is 25.5 Å². The zero-order valence-electron chi connectivity index (χ0n) is 20.9. The molecule has 0 aromatic heterocycles. The van der Waals surface area contributed by atoms with E-state index >= 15 is 0 Å². The van der Waals surface area contributed by atoms with E-state index < -0.39 is 58.4 Å². The topological polar surface area (TPSA) is 161 Å². The van der Waals surface area contributed by atoms with Crippen LogP contribution in [-0.2, 0) is 36.9 Å². The maximum absolute atomic E-state index is 13.9. The summed E-state index contributed by atoms with van der Waals surface area (Å²) < 4.78 is 6.04. The molecular weight excluding hydrogens is 478 g/mol. The highest BCUT2D eigenvalue weighted by atomic mass is 16.5. The van der Waals surface area contributed by atoms with E-state index in [1.165, 1.54) is 6.42 Å². The molecule has 0 heterocycles.